The van der Waals surface area contributed by atoms with Crippen molar-refractivity contribution in [2.24, 2.45) is 0 Å². The molecule has 0 spiro atoms. The van der Waals surface area contributed by atoms with Crippen LogP contribution in [-0.2, 0) is 25.8 Å². The Hall–Kier alpha value is -1.51. The van der Waals surface area contributed by atoms with Crippen LogP contribution < -0.4 is 0 Å². The molecule has 0 saturated heterocycles. The molecule has 0 bridgehead atoms. The van der Waals surface area contributed by atoms with Gasteiger partial charge < -0.3 is 0 Å². The molecule has 2 heteroatoms. The molecule has 2 aromatic carbocycles. The van der Waals surface area contributed by atoms with Gasteiger partial charge in [0.1, 0.15) is 0 Å². The van der Waals surface area contributed by atoms with Crippen molar-refractivity contribution in [3.8, 4) is 11.1 Å². The second-order valence-corrected chi connectivity index (χ2v) is 6.93. The van der Waals surface area contributed by atoms with Gasteiger partial charge in [-0.3, -0.25) is 12.2 Å². The molecule has 0 aliphatic heterocycles. The van der Waals surface area contributed by atoms with Crippen molar-refractivity contribution in [3.63, 3.8) is 0 Å². The summed E-state index contributed by atoms with van der Waals surface area (Å²) in [5, 5.41) is 0. The van der Waals surface area contributed by atoms with Crippen LogP contribution in [0.5, 0.6) is 0 Å². The minimum absolute atomic E-state index is 0. The SMILES string of the molecule is CC1=[C-]CC=C1.C[SiH]C.[C-]1=CC=CC1.[Hf].c1ccc(-c2ccccc2)cc1. The van der Waals surface area contributed by atoms with Crippen molar-refractivity contribution < 1.29 is 25.8 Å². The summed E-state index contributed by atoms with van der Waals surface area (Å²) in [6.07, 6.45) is 18.3. The molecule has 2 aliphatic carbocycles. The predicted molar refractivity (Wildman–Crippen MR) is 119 cm³/mol. The van der Waals surface area contributed by atoms with Crippen LogP contribution in [0.2, 0.25) is 13.1 Å². The fourth-order valence-electron chi connectivity index (χ4n) is 2.12. The minimum Gasteiger partial charge on any atom is -0.273 e. The van der Waals surface area contributed by atoms with Crippen molar-refractivity contribution in [1.29, 1.82) is 0 Å². The maximum Gasteiger partial charge on any atom is 0.0213 e. The molecule has 2 aliphatic rings. The number of rotatable bonds is 1. The van der Waals surface area contributed by atoms with Gasteiger partial charge in [-0.1, -0.05) is 80.7 Å². The molecule has 0 N–H and O–H groups in total. The molecule has 0 atom stereocenters. The van der Waals surface area contributed by atoms with Crippen molar-refractivity contribution in [2.75, 3.05) is 0 Å². The van der Waals surface area contributed by atoms with Crippen LogP contribution in [-0.4, -0.2) is 9.52 Å². The van der Waals surface area contributed by atoms with E-state index in [9.17, 15) is 0 Å². The van der Waals surface area contributed by atoms with E-state index in [4.69, 9.17) is 0 Å². The van der Waals surface area contributed by atoms with Crippen molar-refractivity contribution >= 4 is 9.52 Å². The summed E-state index contributed by atoms with van der Waals surface area (Å²) in [5.74, 6) is 0. The molecule has 1 radical (unpaired) electrons. The number of benzene rings is 2. The Morgan fingerprint density at radius 1 is 0.778 bits per heavy atom. The normalized spacial score (nSPS) is 12.3. The zero-order valence-electron chi connectivity index (χ0n) is 16.7. The average molecular weight is 536 g/mol. The predicted octanol–water partition coefficient (Wildman–Crippen LogP) is 6.87. The molecule has 0 saturated carbocycles. The summed E-state index contributed by atoms with van der Waals surface area (Å²) in [6, 6.07) is 20.8. The third-order valence-electron chi connectivity index (χ3n) is 3.33. The van der Waals surface area contributed by atoms with Gasteiger partial charge in [-0.05, 0) is 11.1 Å². The largest absolute Gasteiger partial charge is 0.273 e. The van der Waals surface area contributed by atoms with E-state index in [0.29, 0.717) is 0 Å². The summed E-state index contributed by atoms with van der Waals surface area (Å²) in [4.78, 5) is 0. The van der Waals surface area contributed by atoms with Crippen LogP contribution in [0.25, 0.3) is 11.1 Å². The van der Waals surface area contributed by atoms with Gasteiger partial charge in [0.25, 0.3) is 0 Å². The van der Waals surface area contributed by atoms with Gasteiger partial charge in [0.15, 0.2) is 0 Å². The van der Waals surface area contributed by atoms with Crippen LogP contribution in [0.1, 0.15) is 19.8 Å². The molecule has 2 aromatic rings. The van der Waals surface area contributed by atoms with Gasteiger partial charge in [0.05, 0.1) is 0 Å². The minimum atomic E-state index is 0. The Morgan fingerprint density at radius 2 is 1.30 bits per heavy atom. The van der Waals surface area contributed by atoms with Crippen molar-refractivity contribution in [1.82, 2.24) is 0 Å². The van der Waals surface area contributed by atoms with Crippen LogP contribution in [0.15, 0.2) is 96.6 Å². The maximum atomic E-state index is 3.12. The Bertz CT molecular complexity index is 647. The summed E-state index contributed by atoms with van der Waals surface area (Å²) in [5.41, 5.74) is 3.83. The Morgan fingerprint density at radius 3 is 1.52 bits per heavy atom. The Balaban J connectivity index is 0.000000380. The zero-order valence-corrected chi connectivity index (χ0v) is 21.4. The van der Waals surface area contributed by atoms with E-state index in [1.54, 1.807) is 0 Å². The fraction of sp³-hybridized carbons (Fsp3) is 0.200. The topological polar surface area (TPSA) is 0 Å². The second kappa shape index (κ2) is 17.9. The molecular formula is C25H29HfSi-2. The van der Waals surface area contributed by atoms with Crippen LogP contribution in [0.3, 0.4) is 0 Å². The maximum absolute atomic E-state index is 3.12. The summed E-state index contributed by atoms with van der Waals surface area (Å²) < 4.78 is 0. The number of allylic oxidation sites excluding steroid dienone is 8. The molecule has 4 rings (SSSR count). The smallest absolute Gasteiger partial charge is 0.0213 e. The Kier molecular flexibility index (Phi) is 16.9. The first-order valence-corrected chi connectivity index (χ1v) is 11.4. The first-order valence-electron chi connectivity index (χ1n) is 9.08. The molecule has 0 fully saturated rings. The van der Waals surface area contributed by atoms with E-state index in [-0.39, 0.29) is 25.8 Å². The third-order valence-corrected chi connectivity index (χ3v) is 3.33. The fourth-order valence-corrected chi connectivity index (χ4v) is 2.12. The van der Waals surface area contributed by atoms with E-state index >= 15 is 0 Å². The van der Waals surface area contributed by atoms with Gasteiger partial charge in [0, 0.05) is 35.4 Å². The van der Waals surface area contributed by atoms with Gasteiger partial charge in [-0.25, -0.2) is 23.8 Å². The van der Waals surface area contributed by atoms with Crippen LogP contribution in [0, 0.1) is 12.2 Å². The van der Waals surface area contributed by atoms with Gasteiger partial charge in [0.2, 0.25) is 0 Å². The summed E-state index contributed by atoms with van der Waals surface area (Å²) in [7, 11) is 0.750. The zero-order chi connectivity index (χ0) is 18.9. The van der Waals surface area contributed by atoms with E-state index in [1.807, 2.05) is 24.3 Å². The van der Waals surface area contributed by atoms with E-state index in [0.717, 1.165) is 22.4 Å². The molecule has 0 nitrogen and oxygen atoms in total. The number of hydrogen-bond acceptors (Lipinski definition) is 0. The van der Waals surface area contributed by atoms with Crippen LogP contribution >= 0.6 is 0 Å². The van der Waals surface area contributed by atoms with Crippen LogP contribution in [0.4, 0.5) is 0 Å². The summed E-state index contributed by atoms with van der Waals surface area (Å²) >= 11 is 0. The first kappa shape index (κ1) is 25.5. The quantitative estimate of drug-likeness (QED) is 0.276. The van der Waals surface area contributed by atoms with Crippen molar-refractivity contribution in [2.45, 2.75) is 32.9 Å². The molecule has 0 aromatic heterocycles. The van der Waals surface area contributed by atoms with Gasteiger partial charge >= 0.3 is 0 Å². The van der Waals surface area contributed by atoms with Crippen molar-refractivity contribution in [3.05, 3.63) is 109 Å². The standard InChI is InChI=1S/C12H10.C6H7.C5H5.C2H7Si.Hf/c1-3-7-11(8-4-1)12-9-5-2-6-10-12;1-6-4-2-3-5-6;1-2-4-5-3-1;1-3-2;/h1-10H;2,4H,3H2,1H3;1-3H,4H2;3H,1-2H3;/q;2*-1;;. The molecular weight excluding hydrogens is 507 g/mol. The molecule has 0 heterocycles. The number of hydrogen-bond donors (Lipinski definition) is 0. The van der Waals surface area contributed by atoms with Gasteiger partial charge in [-0.2, -0.15) is 12.2 Å². The molecule has 139 valence electrons. The van der Waals surface area contributed by atoms with E-state index < -0.39 is 0 Å². The molecule has 0 amide bonds. The average Bonchev–Trinajstić information content (AvgIpc) is 3.41. The third kappa shape index (κ3) is 13.3. The van der Waals surface area contributed by atoms with Gasteiger partial charge in [-0.15, -0.1) is 12.8 Å². The molecule has 27 heavy (non-hydrogen) atoms. The van der Waals surface area contributed by atoms with E-state index in [1.165, 1.54) is 16.7 Å². The summed E-state index contributed by atoms with van der Waals surface area (Å²) in [6.45, 7) is 6.48. The second-order valence-electron chi connectivity index (χ2n) is 5.78. The van der Waals surface area contributed by atoms with E-state index in [2.05, 4.69) is 98.9 Å². The first-order chi connectivity index (χ1) is 12.8. The Labute approximate surface area is 187 Å². The molecule has 0 unspecified atom stereocenters. The monoisotopic (exact) mass is 537 g/mol.